The molecule has 2 aromatic heterocycles. The van der Waals surface area contributed by atoms with Crippen molar-refractivity contribution in [1.29, 1.82) is 0 Å². The Hall–Kier alpha value is -3.22. The average Bonchev–Trinajstić information content (AvgIpc) is 3.22. The summed E-state index contributed by atoms with van der Waals surface area (Å²) in [6.45, 7) is 5.00. The van der Waals surface area contributed by atoms with E-state index < -0.39 is 0 Å². The molecule has 0 spiro atoms. The van der Waals surface area contributed by atoms with Crippen molar-refractivity contribution < 1.29 is 4.79 Å². The molecule has 4 rings (SSSR count). The fraction of sp³-hybridized carbons (Fsp3) is 0.300. The van der Waals surface area contributed by atoms with Crippen LogP contribution in [0.25, 0.3) is 11.4 Å². The van der Waals surface area contributed by atoms with Crippen LogP contribution in [-0.4, -0.2) is 30.7 Å². The molecule has 0 radical (unpaired) electrons. The second kappa shape index (κ2) is 6.83. The highest BCUT2D eigenvalue weighted by Crippen LogP contribution is 2.25. The van der Waals surface area contributed by atoms with Crippen molar-refractivity contribution in [2.24, 2.45) is 7.05 Å². The number of rotatable bonds is 3. The molecule has 0 saturated carbocycles. The number of urea groups is 1. The predicted molar refractivity (Wildman–Crippen MR) is 103 cm³/mol. The number of aryl methyl sites for hydroxylation is 2. The SMILES string of the molecule is CCc1c(C)nn(C)c1NC(=O)N1Cc2cnc(-c3ccccc3)nc2C1. The monoisotopic (exact) mass is 362 g/mol. The number of hydrogen-bond acceptors (Lipinski definition) is 4. The molecule has 7 heteroatoms. The normalized spacial score (nSPS) is 12.9. The second-order valence-electron chi connectivity index (χ2n) is 6.71. The maximum atomic E-state index is 12.8. The van der Waals surface area contributed by atoms with Gasteiger partial charge < -0.3 is 4.90 Å². The first kappa shape index (κ1) is 17.2. The van der Waals surface area contributed by atoms with Gasteiger partial charge in [0.1, 0.15) is 5.82 Å². The van der Waals surface area contributed by atoms with Crippen molar-refractivity contribution in [3.8, 4) is 11.4 Å². The van der Waals surface area contributed by atoms with Gasteiger partial charge in [0.25, 0.3) is 0 Å². The van der Waals surface area contributed by atoms with Crippen molar-refractivity contribution in [3.05, 3.63) is 59.0 Å². The third-order valence-corrected chi connectivity index (χ3v) is 4.90. The number of hydrogen-bond donors (Lipinski definition) is 1. The van der Waals surface area contributed by atoms with Gasteiger partial charge in [0.15, 0.2) is 5.82 Å². The first-order valence-corrected chi connectivity index (χ1v) is 9.05. The van der Waals surface area contributed by atoms with Crippen LogP contribution in [0.4, 0.5) is 10.6 Å². The zero-order chi connectivity index (χ0) is 19.0. The van der Waals surface area contributed by atoms with E-state index in [-0.39, 0.29) is 6.03 Å². The number of carbonyl (C=O) groups is 1. The van der Waals surface area contributed by atoms with E-state index in [0.717, 1.165) is 40.3 Å². The highest BCUT2D eigenvalue weighted by atomic mass is 16.2. The van der Waals surface area contributed by atoms with E-state index in [1.54, 1.807) is 9.58 Å². The molecule has 0 fully saturated rings. The van der Waals surface area contributed by atoms with E-state index in [0.29, 0.717) is 18.9 Å². The van der Waals surface area contributed by atoms with Crippen molar-refractivity contribution >= 4 is 11.8 Å². The number of carbonyl (C=O) groups excluding carboxylic acids is 1. The summed E-state index contributed by atoms with van der Waals surface area (Å²) in [5.74, 6) is 1.44. The molecule has 1 aromatic carbocycles. The Morgan fingerprint density at radius 1 is 1.22 bits per heavy atom. The molecule has 0 saturated heterocycles. The van der Waals surface area contributed by atoms with Gasteiger partial charge in [0, 0.05) is 29.9 Å². The fourth-order valence-corrected chi connectivity index (χ4v) is 3.49. The van der Waals surface area contributed by atoms with Crippen LogP contribution in [0.15, 0.2) is 36.5 Å². The minimum absolute atomic E-state index is 0.146. The molecule has 0 aliphatic carbocycles. The molecule has 3 aromatic rings. The molecular weight excluding hydrogens is 340 g/mol. The molecule has 0 bridgehead atoms. The van der Waals surface area contributed by atoms with E-state index >= 15 is 0 Å². The largest absolute Gasteiger partial charge is 0.323 e. The lowest BCUT2D eigenvalue weighted by Crippen LogP contribution is -2.31. The van der Waals surface area contributed by atoms with Gasteiger partial charge >= 0.3 is 6.03 Å². The number of fused-ring (bicyclic) bond motifs is 1. The average molecular weight is 362 g/mol. The molecule has 2 amide bonds. The van der Waals surface area contributed by atoms with Gasteiger partial charge in [-0.15, -0.1) is 0 Å². The van der Waals surface area contributed by atoms with E-state index in [1.165, 1.54) is 0 Å². The van der Waals surface area contributed by atoms with Crippen LogP contribution in [0.1, 0.15) is 29.4 Å². The van der Waals surface area contributed by atoms with Crippen LogP contribution in [-0.2, 0) is 26.6 Å². The van der Waals surface area contributed by atoms with Crippen molar-refractivity contribution in [3.63, 3.8) is 0 Å². The molecule has 0 atom stereocenters. The summed E-state index contributed by atoms with van der Waals surface area (Å²) in [7, 11) is 1.85. The Kier molecular flexibility index (Phi) is 4.35. The number of nitrogens with zero attached hydrogens (tertiary/aromatic N) is 5. The standard InChI is InChI=1S/C20H22N6O/c1-4-16-13(2)24-25(3)19(16)23-20(27)26-11-15-10-21-18(22-17(15)12-26)14-8-6-5-7-9-14/h5-10H,4,11-12H2,1-3H3,(H,23,27). The molecule has 7 nitrogen and oxygen atoms in total. The Labute approximate surface area is 158 Å². The van der Waals surface area contributed by atoms with Crippen molar-refractivity contribution in [1.82, 2.24) is 24.6 Å². The number of aromatic nitrogens is 4. The van der Waals surface area contributed by atoms with E-state index in [4.69, 9.17) is 0 Å². The second-order valence-corrected chi connectivity index (χ2v) is 6.71. The van der Waals surface area contributed by atoms with E-state index in [2.05, 4.69) is 27.3 Å². The molecule has 3 heterocycles. The third kappa shape index (κ3) is 3.16. The van der Waals surface area contributed by atoms with Crippen LogP contribution in [0.5, 0.6) is 0 Å². The summed E-state index contributed by atoms with van der Waals surface area (Å²) in [6.07, 6.45) is 2.64. The molecule has 1 aliphatic rings. The topological polar surface area (TPSA) is 75.9 Å². The zero-order valence-electron chi connectivity index (χ0n) is 15.7. The summed E-state index contributed by atoms with van der Waals surface area (Å²) in [6, 6.07) is 9.72. The van der Waals surface area contributed by atoms with Crippen LogP contribution in [0.3, 0.4) is 0 Å². The summed E-state index contributed by atoms with van der Waals surface area (Å²) >= 11 is 0. The summed E-state index contributed by atoms with van der Waals surface area (Å²) < 4.78 is 1.72. The Morgan fingerprint density at radius 3 is 2.74 bits per heavy atom. The lowest BCUT2D eigenvalue weighted by atomic mass is 10.2. The Morgan fingerprint density at radius 2 is 2.00 bits per heavy atom. The number of benzene rings is 1. The summed E-state index contributed by atoms with van der Waals surface area (Å²) in [5, 5.41) is 7.42. The quantitative estimate of drug-likeness (QED) is 0.776. The maximum absolute atomic E-state index is 12.8. The van der Waals surface area contributed by atoms with Crippen LogP contribution >= 0.6 is 0 Å². The molecule has 0 unspecified atom stereocenters. The van der Waals surface area contributed by atoms with Crippen LogP contribution < -0.4 is 5.32 Å². The maximum Gasteiger partial charge on any atom is 0.323 e. The van der Waals surface area contributed by atoms with Crippen LogP contribution in [0, 0.1) is 6.92 Å². The molecule has 1 N–H and O–H groups in total. The molecule has 138 valence electrons. The first-order valence-electron chi connectivity index (χ1n) is 9.05. The van der Waals surface area contributed by atoms with Gasteiger partial charge in [0.2, 0.25) is 0 Å². The van der Waals surface area contributed by atoms with Gasteiger partial charge in [-0.05, 0) is 13.3 Å². The first-order chi connectivity index (χ1) is 13.1. The molecule has 27 heavy (non-hydrogen) atoms. The summed E-state index contributed by atoms with van der Waals surface area (Å²) in [4.78, 5) is 23.7. The van der Waals surface area contributed by atoms with E-state index in [9.17, 15) is 4.79 Å². The number of amides is 2. The van der Waals surface area contributed by atoms with Gasteiger partial charge in [-0.2, -0.15) is 5.10 Å². The van der Waals surface area contributed by atoms with Gasteiger partial charge in [0.05, 0.1) is 24.5 Å². The molecule has 1 aliphatic heterocycles. The lowest BCUT2D eigenvalue weighted by Gasteiger charge is -2.17. The minimum atomic E-state index is -0.146. The Balaban J connectivity index is 1.52. The summed E-state index contributed by atoms with van der Waals surface area (Å²) in [5.41, 5.74) is 4.87. The zero-order valence-corrected chi connectivity index (χ0v) is 15.7. The van der Waals surface area contributed by atoms with Gasteiger partial charge in [-0.25, -0.2) is 14.8 Å². The van der Waals surface area contributed by atoms with Crippen LogP contribution in [0.2, 0.25) is 0 Å². The van der Waals surface area contributed by atoms with Gasteiger partial charge in [-0.1, -0.05) is 37.3 Å². The highest BCUT2D eigenvalue weighted by Gasteiger charge is 2.27. The minimum Gasteiger partial charge on any atom is -0.314 e. The van der Waals surface area contributed by atoms with Crippen molar-refractivity contribution in [2.75, 3.05) is 5.32 Å². The highest BCUT2D eigenvalue weighted by molar-refractivity contribution is 5.89. The van der Waals surface area contributed by atoms with Gasteiger partial charge in [-0.3, -0.25) is 10.00 Å². The van der Waals surface area contributed by atoms with E-state index in [1.807, 2.05) is 50.5 Å². The van der Waals surface area contributed by atoms with Crippen molar-refractivity contribution in [2.45, 2.75) is 33.4 Å². The Bertz CT molecular complexity index is 995. The number of anilines is 1. The fourth-order valence-electron chi connectivity index (χ4n) is 3.49. The number of nitrogens with one attached hydrogen (secondary N) is 1. The lowest BCUT2D eigenvalue weighted by molar-refractivity contribution is 0.212. The smallest absolute Gasteiger partial charge is 0.314 e. The third-order valence-electron chi connectivity index (χ3n) is 4.90. The predicted octanol–water partition coefficient (Wildman–Crippen LogP) is 3.30. The molecular formula is C20H22N6O.